The molecule has 4 aromatic rings. The van der Waals surface area contributed by atoms with Gasteiger partial charge in [-0.05, 0) is 12.1 Å². The first-order chi connectivity index (χ1) is 15.2. The number of hydrogen-bond donors (Lipinski definition) is 1. The summed E-state index contributed by atoms with van der Waals surface area (Å²) in [7, 11) is 4.49. The molecule has 0 aliphatic heterocycles. The number of amides is 1. The molecule has 1 N–H and O–H groups in total. The van der Waals surface area contributed by atoms with E-state index in [0.717, 1.165) is 21.9 Å². The molecular weight excluding hydrogens is 416 g/mol. The minimum absolute atomic E-state index is 0.323. The third-order valence-electron chi connectivity index (χ3n) is 4.63. The van der Waals surface area contributed by atoms with Crippen LogP contribution in [0.5, 0.6) is 17.2 Å². The van der Waals surface area contributed by atoms with Crippen LogP contribution in [-0.2, 0) is 0 Å². The van der Waals surface area contributed by atoms with Gasteiger partial charge in [0.05, 0.1) is 38.9 Å². The Balaban J connectivity index is 1.62. The molecule has 0 aliphatic carbocycles. The van der Waals surface area contributed by atoms with E-state index in [9.17, 15) is 4.79 Å². The highest BCUT2D eigenvalue weighted by Crippen LogP contribution is 2.38. The summed E-state index contributed by atoms with van der Waals surface area (Å²) in [6.07, 6.45) is 3.51. The predicted octanol–water partition coefficient (Wildman–Crippen LogP) is 3.85. The van der Waals surface area contributed by atoms with Crippen molar-refractivity contribution in [2.45, 2.75) is 0 Å². The van der Waals surface area contributed by atoms with Gasteiger partial charge in [-0.3, -0.25) is 9.20 Å². The number of hydrogen-bond acceptors (Lipinski definition) is 7. The second kappa shape index (κ2) is 8.88. The van der Waals surface area contributed by atoms with Crippen molar-refractivity contribution >= 4 is 28.4 Å². The molecule has 4 rings (SSSR count). The van der Waals surface area contributed by atoms with Gasteiger partial charge >= 0.3 is 0 Å². The molecule has 2 aromatic heterocycles. The van der Waals surface area contributed by atoms with Crippen molar-refractivity contribution in [1.82, 2.24) is 14.8 Å². The average molecular weight is 436 g/mol. The summed E-state index contributed by atoms with van der Waals surface area (Å²) >= 11 is 1.53. The van der Waals surface area contributed by atoms with Crippen LogP contribution in [0.3, 0.4) is 0 Å². The number of imidazole rings is 1. The van der Waals surface area contributed by atoms with Gasteiger partial charge in [-0.15, -0.1) is 11.3 Å². The number of rotatable bonds is 7. The molecule has 0 fully saturated rings. The van der Waals surface area contributed by atoms with Gasteiger partial charge in [0.15, 0.2) is 16.5 Å². The lowest BCUT2D eigenvalue weighted by Crippen LogP contribution is -2.18. The van der Waals surface area contributed by atoms with Crippen LogP contribution in [0.2, 0.25) is 0 Å². The Hall–Kier alpha value is -3.85. The fraction of sp³-hybridized carbons (Fsp3) is 0.136. The first-order valence-corrected chi connectivity index (χ1v) is 10.2. The molecule has 158 valence electrons. The third-order valence-corrected chi connectivity index (χ3v) is 5.38. The molecule has 0 saturated carbocycles. The van der Waals surface area contributed by atoms with E-state index in [1.165, 1.54) is 32.7 Å². The number of nitrogens with zero attached hydrogens (tertiary/aromatic N) is 3. The summed E-state index contributed by atoms with van der Waals surface area (Å²) in [5, 5.41) is 6.11. The molecule has 0 aliphatic rings. The van der Waals surface area contributed by atoms with E-state index in [4.69, 9.17) is 19.2 Å². The number of thiazole rings is 1. The van der Waals surface area contributed by atoms with Crippen molar-refractivity contribution in [2.75, 3.05) is 21.3 Å². The molecule has 31 heavy (non-hydrogen) atoms. The van der Waals surface area contributed by atoms with Crippen LogP contribution < -0.4 is 19.6 Å². The quantitative estimate of drug-likeness (QED) is 0.351. The fourth-order valence-electron chi connectivity index (χ4n) is 3.16. The summed E-state index contributed by atoms with van der Waals surface area (Å²) in [4.78, 5) is 18.2. The summed E-state index contributed by atoms with van der Waals surface area (Å²) < 4.78 is 17.8. The maximum atomic E-state index is 12.7. The molecule has 0 atom stereocenters. The van der Waals surface area contributed by atoms with Gasteiger partial charge in [-0.1, -0.05) is 30.3 Å². The molecule has 8 nitrogen and oxygen atoms in total. The summed E-state index contributed by atoms with van der Waals surface area (Å²) in [5.41, 5.74) is 5.41. The van der Waals surface area contributed by atoms with Crippen LogP contribution in [0.1, 0.15) is 16.1 Å². The molecule has 2 aromatic carbocycles. The zero-order valence-corrected chi connectivity index (χ0v) is 18.0. The number of aromatic nitrogens is 2. The second-order valence-electron chi connectivity index (χ2n) is 6.38. The Morgan fingerprint density at radius 1 is 1.10 bits per heavy atom. The van der Waals surface area contributed by atoms with Crippen molar-refractivity contribution in [3.8, 4) is 28.5 Å². The van der Waals surface area contributed by atoms with Crippen LogP contribution in [0.15, 0.2) is 59.1 Å². The Kier molecular flexibility index (Phi) is 5.85. The Labute approximate surface area is 182 Å². The normalized spacial score (nSPS) is 11.1. The topological polar surface area (TPSA) is 86.5 Å². The number of fused-ring (bicyclic) bond motifs is 1. The van der Waals surface area contributed by atoms with Crippen molar-refractivity contribution in [2.24, 2.45) is 5.10 Å². The molecule has 0 spiro atoms. The highest BCUT2D eigenvalue weighted by atomic mass is 32.1. The average Bonchev–Trinajstić information content (AvgIpc) is 3.40. The monoisotopic (exact) mass is 436 g/mol. The van der Waals surface area contributed by atoms with Crippen LogP contribution in [0.4, 0.5) is 0 Å². The molecule has 0 radical (unpaired) electrons. The fourth-order valence-corrected chi connectivity index (χ4v) is 3.88. The van der Waals surface area contributed by atoms with Crippen molar-refractivity contribution in [1.29, 1.82) is 0 Å². The molecule has 0 saturated heterocycles. The number of carbonyl (C=O) groups excluding carboxylic acids is 1. The maximum Gasteiger partial charge on any atom is 0.271 e. The van der Waals surface area contributed by atoms with Crippen LogP contribution >= 0.6 is 11.3 Å². The van der Waals surface area contributed by atoms with E-state index in [-0.39, 0.29) is 0 Å². The molecule has 9 heteroatoms. The lowest BCUT2D eigenvalue weighted by Gasteiger charge is -2.13. The molecule has 0 bridgehead atoms. The number of hydrazone groups is 1. The van der Waals surface area contributed by atoms with Gasteiger partial charge in [0, 0.05) is 22.7 Å². The molecular formula is C22H20N4O4S. The van der Waals surface area contributed by atoms with Crippen molar-refractivity contribution in [3.63, 3.8) is 0 Å². The lowest BCUT2D eigenvalue weighted by atomic mass is 10.1. The number of benzene rings is 2. The van der Waals surface area contributed by atoms with Gasteiger partial charge in [0.25, 0.3) is 5.91 Å². The molecule has 1 amide bonds. The van der Waals surface area contributed by atoms with Crippen molar-refractivity contribution < 1.29 is 19.0 Å². The van der Waals surface area contributed by atoms with E-state index in [2.05, 4.69) is 10.5 Å². The van der Waals surface area contributed by atoms with E-state index in [1.807, 2.05) is 46.3 Å². The SMILES string of the molecule is COc1cc(C(=O)N/N=C/c2c(-c3ccccc3)nc3sccn23)cc(OC)c1OC. The van der Waals surface area contributed by atoms with Crippen molar-refractivity contribution in [3.05, 3.63) is 65.3 Å². The van der Waals surface area contributed by atoms with Crippen LogP contribution in [0, 0.1) is 0 Å². The molecule has 0 unspecified atom stereocenters. The standard InChI is InChI=1S/C22H20N4O4S/c1-28-17-11-15(12-18(29-2)20(17)30-3)21(27)25-23-13-16-19(14-7-5-4-6-8-14)24-22-26(16)9-10-31-22/h4-13H,1-3H3,(H,25,27)/b23-13+. The van der Waals surface area contributed by atoms with Gasteiger partial charge in [-0.2, -0.15) is 5.10 Å². The highest BCUT2D eigenvalue weighted by Gasteiger charge is 2.17. The minimum Gasteiger partial charge on any atom is -0.493 e. The second-order valence-corrected chi connectivity index (χ2v) is 7.25. The zero-order chi connectivity index (χ0) is 21.8. The van der Waals surface area contributed by atoms with Gasteiger partial charge in [-0.25, -0.2) is 10.4 Å². The Bertz CT molecular complexity index is 1220. The largest absolute Gasteiger partial charge is 0.493 e. The summed E-state index contributed by atoms with van der Waals surface area (Å²) in [5.74, 6) is 0.774. The number of nitrogens with one attached hydrogen (secondary N) is 1. The van der Waals surface area contributed by atoms with E-state index < -0.39 is 5.91 Å². The smallest absolute Gasteiger partial charge is 0.271 e. The minimum atomic E-state index is -0.414. The first-order valence-electron chi connectivity index (χ1n) is 9.30. The summed E-state index contributed by atoms with van der Waals surface area (Å²) in [6, 6.07) is 13.0. The summed E-state index contributed by atoms with van der Waals surface area (Å²) in [6.45, 7) is 0. The Morgan fingerprint density at radius 3 is 2.45 bits per heavy atom. The Morgan fingerprint density at radius 2 is 1.81 bits per heavy atom. The highest BCUT2D eigenvalue weighted by molar-refractivity contribution is 7.15. The zero-order valence-electron chi connectivity index (χ0n) is 17.2. The number of ether oxygens (including phenoxy) is 3. The predicted molar refractivity (Wildman–Crippen MR) is 120 cm³/mol. The van der Waals surface area contributed by atoms with E-state index >= 15 is 0 Å². The number of carbonyl (C=O) groups is 1. The van der Waals surface area contributed by atoms with Crippen LogP contribution in [-0.4, -0.2) is 42.8 Å². The van der Waals surface area contributed by atoms with Crippen LogP contribution in [0.25, 0.3) is 16.2 Å². The van der Waals surface area contributed by atoms with E-state index in [0.29, 0.717) is 22.8 Å². The lowest BCUT2D eigenvalue weighted by molar-refractivity contribution is 0.0954. The maximum absolute atomic E-state index is 12.7. The van der Waals surface area contributed by atoms with Gasteiger partial charge in [0.2, 0.25) is 5.75 Å². The van der Waals surface area contributed by atoms with E-state index in [1.54, 1.807) is 18.3 Å². The molecule has 2 heterocycles. The van der Waals surface area contributed by atoms with Gasteiger partial charge in [0.1, 0.15) is 0 Å². The first kappa shape index (κ1) is 20.4. The number of methoxy groups -OCH3 is 3. The third kappa shape index (κ3) is 3.95. The van der Waals surface area contributed by atoms with Gasteiger partial charge < -0.3 is 14.2 Å².